The maximum atomic E-state index is 12.8. The van der Waals surface area contributed by atoms with Gasteiger partial charge in [-0.15, -0.1) is 11.3 Å². The highest BCUT2D eigenvalue weighted by atomic mass is 32.1. The zero-order valence-corrected chi connectivity index (χ0v) is 11.3. The Bertz CT molecular complexity index is 495. The van der Waals surface area contributed by atoms with E-state index >= 15 is 0 Å². The zero-order valence-electron chi connectivity index (χ0n) is 10.5. The first-order valence-electron chi connectivity index (χ1n) is 5.97. The van der Waals surface area contributed by atoms with Crippen LogP contribution in [0, 0.1) is 5.82 Å². The third-order valence-corrected chi connectivity index (χ3v) is 3.84. The Labute approximate surface area is 110 Å². The fourth-order valence-corrected chi connectivity index (χ4v) is 2.39. The van der Waals surface area contributed by atoms with Gasteiger partial charge in [-0.3, -0.25) is 4.98 Å². The minimum absolute atomic E-state index is 0.0829. The van der Waals surface area contributed by atoms with Crippen molar-refractivity contribution in [1.29, 1.82) is 0 Å². The lowest BCUT2D eigenvalue weighted by Gasteiger charge is -2.11. The number of hydrogen-bond donors (Lipinski definition) is 1. The van der Waals surface area contributed by atoms with Gasteiger partial charge in [-0.05, 0) is 25.5 Å². The lowest BCUT2D eigenvalue weighted by Crippen LogP contribution is -2.18. The van der Waals surface area contributed by atoms with Crippen LogP contribution in [0.1, 0.15) is 35.5 Å². The monoisotopic (exact) mass is 265 g/mol. The van der Waals surface area contributed by atoms with E-state index in [0.29, 0.717) is 6.54 Å². The second-order valence-electron chi connectivity index (χ2n) is 4.08. The molecule has 2 aromatic rings. The van der Waals surface area contributed by atoms with Crippen LogP contribution in [0.2, 0.25) is 0 Å². The van der Waals surface area contributed by atoms with Crippen LogP contribution in [0.3, 0.4) is 0 Å². The smallest absolute Gasteiger partial charge is 0.141 e. The highest BCUT2D eigenvalue weighted by Gasteiger charge is 2.08. The number of aromatic nitrogens is 2. The van der Waals surface area contributed by atoms with Crippen molar-refractivity contribution in [2.45, 2.75) is 32.9 Å². The Morgan fingerprint density at radius 2 is 2.17 bits per heavy atom. The average Bonchev–Trinajstić information content (AvgIpc) is 2.85. The third-order valence-electron chi connectivity index (χ3n) is 2.70. The second-order valence-corrected chi connectivity index (χ2v) is 5.28. The molecule has 2 rings (SSSR count). The molecule has 2 aromatic heterocycles. The molecule has 0 aliphatic carbocycles. The number of pyridine rings is 1. The SMILES string of the molecule is CCc1cnc(CNC(C)c2ccc(F)cn2)s1. The molecule has 0 aliphatic heterocycles. The lowest BCUT2D eigenvalue weighted by molar-refractivity contribution is 0.553. The standard InChI is InChI=1S/C13H16FN3S/c1-3-11-7-17-13(18-11)8-15-9(2)12-5-4-10(14)6-16-12/h4-7,9,15H,3,8H2,1-2H3. The fourth-order valence-electron chi connectivity index (χ4n) is 1.58. The molecule has 0 amide bonds. The third kappa shape index (κ3) is 3.34. The van der Waals surface area contributed by atoms with Crippen LogP contribution in [0.4, 0.5) is 4.39 Å². The van der Waals surface area contributed by atoms with Crippen molar-refractivity contribution in [2.24, 2.45) is 0 Å². The van der Waals surface area contributed by atoms with Gasteiger partial charge in [0.2, 0.25) is 0 Å². The maximum absolute atomic E-state index is 12.8. The zero-order chi connectivity index (χ0) is 13.0. The van der Waals surface area contributed by atoms with Crippen LogP contribution in [-0.4, -0.2) is 9.97 Å². The minimum atomic E-state index is -0.307. The van der Waals surface area contributed by atoms with Gasteiger partial charge in [-0.1, -0.05) is 6.92 Å². The molecule has 2 heterocycles. The number of nitrogens with one attached hydrogen (secondary N) is 1. The molecule has 0 aromatic carbocycles. The van der Waals surface area contributed by atoms with Gasteiger partial charge in [0.05, 0.1) is 11.9 Å². The number of rotatable bonds is 5. The molecule has 5 heteroatoms. The molecule has 1 atom stereocenters. The first-order valence-corrected chi connectivity index (χ1v) is 6.79. The van der Waals surface area contributed by atoms with Gasteiger partial charge in [0.25, 0.3) is 0 Å². The lowest BCUT2D eigenvalue weighted by atomic mass is 10.2. The summed E-state index contributed by atoms with van der Waals surface area (Å²) in [5.41, 5.74) is 0.837. The van der Waals surface area contributed by atoms with Gasteiger partial charge in [0.15, 0.2) is 0 Å². The van der Waals surface area contributed by atoms with E-state index < -0.39 is 0 Å². The highest BCUT2D eigenvalue weighted by molar-refractivity contribution is 7.11. The second kappa shape index (κ2) is 6.02. The molecular formula is C13H16FN3S. The molecule has 0 fully saturated rings. The van der Waals surface area contributed by atoms with E-state index in [0.717, 1.165) is 17.1 Å². The van der Waals surface area contributed by atoms with Crippen molar-refractivity contribution in [1.82, 2.24) is 15.3 Å². The van der Waals surface area contributed by atoms with Gasteiger partial charge in [0.1, 0.15) is 10.8 Å². The summed E-state index contributed by atoms with van der Waals surface area (Å²) in [6, 6.07) is 3.21. The maximum Gasteiger partial charge on any atom is 0.141 e. The first kappa shape index (κ1) is 13.1. The molecule has 3 nitrogen and oxygen atoms in total. The molecule has 0 bridgehead atoms. The van der Waals surface area contributed by atoms with Crippen LogP contribution in [0.25, 0.3) is 0 Å². The number of hydrogen-bond acceptors (Lipinski definition) is 4. The van der Waals surface area contributed by atoms with E-state index in [9.17, 15) is 4.39 Å². The first-order chi connectivity index (χ1) is 8.69. The van der Waals surface area contributed by atoms with E-state index in [-0.39, 0.29) is 11.9 Å². The predicted molar refractivity (Wildman–Crippen MR) is 70.9 cm³/mol. The van der Waals surface area contributed by atoms with Crippen LogP contribution < -0.4 is 5.32 Å². The van der Waals surface area contributed by atoms with Gasteiger partial charge >= 0.3 is 0 Å². The largest absolute Gasteiger partial charge is 0.302 e. The number of aryl methyl sites for hydroxylation is 1. The Morgan fingerprint density at radius 3 is 2.78 bits per heavy atom. The van der Waals surface area contributed by atoms with E-state index in [4.69, 9.17) is 0 Å². The topological polar surface area (TPSA) is 37.8 Å². The van der Waals surface area contributed by atoms with Gasteiger partial charge in [0, 0.05) is 23.7 Å². The molecule has 0 spiro atoms. The summed E-state index contributed by atoms with van der Waals surface area (Å²) in [7, 11) is 0. The molecule has 0 saturated heterocycles. The van der Waals surface area contributed by atoms with E-state index in [2.05, 4.69) is 22.2 Å². The molecule has 1 N–H and O–H groups in total. The quantitative estimate of drug-likeness (QED) is 0.902. The van der Waals surface area contributed by atoms with Crippen LogP contribution in [0.15, 0.2) is 24.5 Å². The summed E-state index contributed by atoms with van der Waals surface area (Å²) in [4.78, 5) is 9.69. The number of nitrogens with zero attached hydrogens (tertiary/aromatic N) is 2. The van der Waals surface area contributed by atoms with Gasteiger partial charge in [-0.2, -0.15) is 0 Å². The summed E-state index contributed by atoms with van der Waals surface area (Å²) < 4.78 is 12.8. The fraction of sp³-hybridized carbons (Fsp3) is 0.385. The van der Waals surface area contributed by atoms with Crippen molar-refractivity contribution < 1.29 is 4.39 Å². The van der Waals surface area contributed by atoms with Crippen LogP contribution in [-0.2, 0) is 13.0 Å². The van der Waals surface area contributed by atoms with E-state index in [1.807, 2.05) is 13.1 Å². The van der Waals surface area contributed by atoms with Crippen molar-refractivity contribution in [3.8, 4) is 0 Å². The van der Waals surface area contributed by atoms with Crippen LogP contribution in [0.5, 0.6) is 0 Å². The normalized spacial score (nSPS) is 12.6. The number of thiazole rings is 1. The molecule has 0 saturated carbocycles. The summed E-state index contributed by atoms with van der Waals surface area (Å²) in [6.07, 6.45) is 4.18. The van der Waals surface area contributed by atoms with Gasteiger partial charge in [-0.25, -0.2) is 9.37 Å². The Kier molecular flexibility index (Phi) is 4.38. The van der Waals surface area contributed by atoms with Crippen molar-refractivity contribution in [3.63, 3.8) is 0 Å². The Hall–Kier alpha value is -1.33. The molecule has 0 aliphatic rings. The highest BCUT2D eigenvalue weighted by Crippen LogP contribution is 2.15. The van der Waals surface area contributed by atoms with E-state index in [1.54, 1.807) is 17.4 Å². The number of halogens is 1. The molecule has 96 valence electrons. The Balaban J connectivity index is 1.91. The summed E-state index contributed by atoms with van der Waals surface area (Å²) >= 11 is 1.72. The summed E-state index contributed by atoms with van der Waals surface area (Å²) in [5, 5.41) is 4.41. The molecule has 0 radical (unpaired) electrons. The minimum Gasteiger partial charge on any atom is -0.302 e. The van der Waals surface area contributed by atoms with Crippen molar-refractivity contribution in [3.05, 3.63) is 45.9 Å². The van der Waals surface area contributed by atoms with E-state index in [1.165, 1.54) is 17.1 Å². The average molecular weight is 265 g/mol. The molecule has 1 unspecified atom stereocenters. The predicted octanol–water partition coefficient (Wildman–Crippen LogP) is 3.09. The van der Waals surface area contributed by atoms with Crippen LogP contribution >= 0.6 is 11.3 Å². The molecular weight excluding hydrogens is 249 g/mol. The van der Waals surface area contributed by atoms with Crippen molar-refractivity contribution in [2.75, 3.05) is 0 Å². The van der Waals surface area contributed by atoms with Gasteiger partial charge < -0.3 is 5.32 Å². The summed E-state index contributed by atoms with van der Waals surface area (Å²) in [6.45, 7) is 4.84. The molecule has 18 heavy (non-hydrogen) atoms. The summed E-state index contributed by atoms with van der Waals surface area (Å²) in [5.74, 6) is -0.307. The van der Waals surface area contributed by atoms with Crippen molar-refractivity contribution >= 4 is 11.3 Å². The Morgan fingerprint density at radius 1 is 1.33 bits per heavy atom.